The summed E-state index contributed by atoms with van der Waals surface area (Å²) in [5.74, 6) is 2.88. The molecule has 2 nitrogen and oxygen atoms in total. The molecule has 0 bridgehead atoms. The second-order valence-electron chi connectivity index (χ2n) is 8.49. The number of hydrogen-bond donors (Lipinski definition) is 0. The Labute approximate surface area is 155 Å². The molecule has 4 aliphatic carbocycles. The van der Waals surface area contributed by atoms with E-state index in [0.717, 1.165) is 38.5 Å². The van der Waals surface area contributed by atoms with Gasteiger partial charge in [-0.15, -0.1) is 23.2 Å². The number of ketones is 2. The van der Waals surface area contributed by atoms with Crippen LogP contribution in [0.15, 0.2) is 11.6 Å². The first-order chi connectivity index (χ1) is 11.4. The van der Waals surface area contributed by atoms with E-state index in [9.17, 15) is 9.59 Å². The number of allylic oxidation sites excluding steroid dienone is 1. The third-order valence-corrected chi connectivity index (χ3v) is 7.67. The fraction of sp³-hybridized carbons (Fsp3) is 0.800. The molecule has 4 aliphatic rings. The van der Waals surface area contributed by atoms with Gasteiger partial charge in [-0.3, -0.25) is 9.59 Å². The summed E-state index contributed by atoms with van der Waals surface area (Å²) in [6.45, 7) is 4.64. The molecular weight excluding hydrogens is 343 g/mol. The summed E-state index contributed by atoms with van der Waals surface area (Å²) in [6.07, 6.45) is 10.2. The van der Waals surface area contributed by atoms with Crippen LogP contribution in [0.4, 0.5) is 0 Å². The van der Waals surface area contributed by atoms with Crippen molar-refractivity contribution in [3.8, 4) is 0 Å². The Bertz CT molecular complexity index is 570. The maximum absolute atomic E-state index is 12.4. The Morgan fingerprint density at radius 1 is 0.958 bits per heavy atom. The van der Waals surface area contributed by atoms with Crippen LogP contribution in [-0.4, -0.2) is 16.9 Å². The number of fused-ring (bicyclic) bond motifs is 5. The minimum Gasteiger partial charge on any atom is -0.299 e. The number of alkyl halides is 2. The van der Waals surface area contributed by atoms with Crippen molar-refractivity contribution >= 4 is 34.8 Å². The lowest BCUT2D eigenvalue weighted by Gasteiger charge is -2.56. The first-order valence-electron chi connectivity index (χ1n) is 9.26. The van der Waals surface area contributed by atoms with Gasteiger partial charge < -0.3 is 0 Å². The van der Waals surface area contributed by atoms with Crippen molar-refractivity contribution in [2.24, 2.45) is 28.6 Å². The molecule has 3 saturated carbocycles. The van der Waals surface area contributed by atoms with Gasteiger partial charge in [0.25, 0.3) is 0 Å². The van der Waals surface area contributed by atoms with Gasteiger partial charge in [0.2, 0.25) is 0 Å². The van der Waals surface area contributed by atoms with Crippen LogP contribution in [0, 0.1) is 28.6 Å². The van der Waals surface area contributed by atoms with Gasteiger partial charge in [0, 0.05) is 18.3 Å². The van der Waals surface area contributed by atoms with Gasteiger partial charge in [-0.05, 0) is 67.8 Å². The van der Waals surface area contributed by atoms with Crippen molar-refractivity contribution in [3.05, 3.63) is 11.6 Å². The van der Waals surface area contributed by atoms with E-state index in [-0.39, 0.29) is 16.2 Å². The maximum Gasteiger partial charge on any atom is 0.155 e. The van der Waals surface area contributed by atoms with Crippen LogP contribution in [0.3, 0.4) is 0 Å². The smallest absolute Gasteiger partial charge is 0.155 e. The lowest BCUT2D eigenvalue weighted by Crippen LogP contribution is -2.50. The summed E-state index contributed by atoms with van der Waals surface area (Å²) in [5, 5.41) is 0.194. The molecule has 0 aliphatic heterocycles. The highest BCUT2D eigenvalue weighted by atomic mass is 35.5. The molecule has 0 spiro atoms. The Morgan fingerprint density at radius 2 is 1.62 bits per heavy atom. The third-order valence-electron chi connectivity index (χ3n) is 7.67. The van der Waals surface area contributed by atoms with Crippen molar-refractivity contribution < 1.29 is 9.59 Å². The first kappa shape index (κ1) is 18.5. The van der Waals surface area contributed by atoms with Gasteiger partial charge in [0.1, 0.15) is 5.78 Å². The van der Waals surface area contributed by atoms with E-state index < -0.39 is 0 Å². The van der Waals surface area contributed by atoms with Gasteiger partial charge in [0.05, 0.1) is 5.34 Å². The van der Waals surface area contributed by atoms with Crippen LogP contribution in [0.5, 0.6) is 0 Å². The Hall–Kier alpha value is -0.340. The lowest BCUT2D eigenvalue weighted by molar-refractivity contribution is -0.132. The number of Topliss-reactive ketones (excluding diaryl/α,β-unsaturated/α-hetero) is 1. The summed E-state index contributed by atoms with van der Waals surface area (Å²) < 4.78 is 0. The SMILES string of the molecule is C[C@]12CCC(=O)C=C1CC[C@@H]1[C@@H]2CC[C@]2(C)C(=O)CC[C@@H]12.ClCCl. The number of carbonyl (C=O) groups is 2. The topological polar surface area (TPSA) is 34.1 Å². The predicted octanol–water partition coefficient (Wildman–Crippen LogP) is 5.51. The monoisotopic (exact) mass is 370 g/mol. The summed E-state index contributed by atoms with van der Waals surface area (Å²) in [7, 11) is 0. The molecule has 0 radical (unpaired) electrons. The molecule has 0 saturated heterocycles. The fourth-order valence-electron chi connectivity index (χ4n) is 6.33. The van der Waals surface area contributed by atoms with E-state index in [0.29, 0.717) is 29.3 Å². The first-order valence-corrected chi connectivity index (χ1v) is 10.3. The highest BCUT2D eigenvalue weighted by molar-refractivity contribution is 6.40. The zero-order chi connectivity index (χ0) is 17.5. The van der Waals surface area contributed by atoms with Crippen LogP contribution in [0.2, 0.25) is 0 Å². The zero-order valence-electron chi connectivity index (χ0n) is 14.7. The molecule has 0 heterocycles. The summed E-state index contributed by atoms with van der Waals surface area (Å²) >= 11 is 9.53. The molecule has 0 N–H and O–H groups in total. The maximum atomic E-state index is 12.4. The van der Waals surface area contributed by atoms with Crippen molar-refractivity contribution in [2.45, 2.75) is 65.2 Å². The number of rotatable bonds is 0. The molecule has 0 unspecified atom stereocenters. The predicted molar refractivity (Wildman–Crippen MR) is 98.3 cm³/mol. The molecular formula is C20H28Cl2O2. The van der Waals surface area contributed by atoms with Crippen LogP contribution in [0.1, 0.15) is 65.2 Å². The molecule has 4 rings (SSSR count). The highest BCUT2D eigenvalue weighted by Crippen LogP contribution is 2.64. The summed E-state index contributed by atoms with van der Waals surface area (Å²) in [4.78, 5) is 24.1. The van der Waals surface area contributed by atoms with Crippen LogP contribution >= 0.6 is 23.2 Å². The second kappa shape index (κ2) is 6.76. The van der Waals surface area contributed by atoms with Crippen molar-refractivity contribution in [1.29, 1.82) is 0 Å². The molecule has 0 amide bonds. The average molecular weight is 371 g/mol. The third kappa shape index (κ3) is 2.78. The van der Waals surface area contributed by atoms with Crippen molar-refractivity contribution in [1.82, 2.24) is 0 Å². The standard InChI is InChI=1S/C19H26O2.CH2Cl2/c1-18-9-7-13(20)11-12(18)3-4-14-15-5-6-17(21)19(15,2)10-8-16(14)18;2-1-3/h11,14-16H,3-10H2,1-2H3;1H2/t14-,15-,16-,18-,19-;/m0./s1. The van der Waals surface area contributed by atoms with E-state index in [1.165, 1.54) is 18.4 Å². The van der Waals surface area contributed by atoms with Crippen LogP contribution in [-0.2, 0) is 9.59 Å². The van der Waals surface area contributed by atoms with E-state index in [1.54, 1.807) is 0 Å². The molecule has 0 aromatic heterocycles. The number of carbonyl (C=O) groups excluding carboxylic acids is 2. The lowest BCUT2D eigenvalue weighted by atomic mass is 9.47. The van der Waals surface area contributed by atoms with E-state index >= 15 is 0 Å². The quantitative estimate of drug-likeness (QED) is 0.526. The van der Waals surface area contributed by atoms with Gasteiger partial charge in [-0.1, -0.05) is 19.4 Å². The summed E-state index contributed by atoms with van der Waals surface area (Å²) in [6, 6.07) is 0. The van der Waals surface area contributed by atoms with Crippen LogP contribution in [0.25, 0.3) is 0 Å². The average Bonchev–Trinajstić information content (AvgIpc) is 2.84. The minimum atomic E-state index is -0.0246. The van der Waals surface area contributed by atoms with E-state index in [1.807, 2.05) is 6.08 Å². The molecule has 0 aromatic carbocycles. The largest absolute Gasteiger partial charge is 0.299 e. The van der Waals surface area contributed by atoms with Gasteiger partial charge in [-0.25, -0.2) is 0 Å². The zero-order valence-corrected chi connectivity index (χ0v) is 16.3. The normalized spacial score (nSPS) is 43.8. The molecule has 0 aromatic rings. The van der Waals surface area contributed by atoms with Crippen LogP contribution < -0.4 is 0 Å². The molecule has 4 heteroatoms. The Morgan fingerprint density at radius 3 is 2.33 bits per heavy atom. The van der Waals surface area contributed by atoms with Gasteiger partial charge in [0.15, 0.2) is 5.78 Å². The summed E-state index contributed by atoms with van der Waals surface area (Å²) in [5.41, 5.74) is 1.64. The number of hydrogen-bond acceptors (Lipinski definition) is 2. The second-order valence-corrected chi connectivity index (χ2v) is 9.30. The molecule has 134 valence electrons. The Kier molecular flexibility index (Phi) is 5.20. The van der Waals surface area contributed by atoms with Crippen molar-refractivity contribution in [3.63, 3.8) is 0 Å². The highest BCUT2D eigenvalue weighted by Gasteiger charge is 2.58. The molecule has 5 atom stereocenters. The van der Waals surface area contributed by atoms with E-state index in [2.05, 4.69) is 13.8 Å². The Balaban J connectivity index is 0.000000526. The van der Waals surface area contributed by atoms with Crippen molar-refractivity contribution in [2.75, 3.05) is 5.34 Å². The van der Waals surface area contributed by atoms with Gasteiger partial charge >= 0.3 is 0 Å². The number of halogens is 2. The minimum absolute atomic E-state index is 0.0246. The fourth-order valence-corrected chi connectivity index (χ4v) is 6.33. The van der Waals surface area contributed by atoms with E-state index in [4.69, 9.17) is 23.2 Å². The molecule has 24 heavy (non-hydrogen) atoms. The molecule has 3 fully saturated rings. The van der Waals surface area contributed by atoms with Gasteiger partial charge in [-0.2, -0.15) is 0 Å².